The van der Waals surface area contributed by atoms with Gasteiger partial charge in [-0.05, 0) is 49.9 Å². The summed E-state index contributed by atoms with van der Waals surface area (Å²) in [5, 5.41) is 0. The molecule has 0 saturated heterocycles. The summed E-state index contributed by atoms with van der Waals surface area (Å²) >= 11 is 0. The first kappa shape index (κ1) is 14.2. The third-order valence-electron chi connectivity index (χ3n) is 3.49. The molecule has 0 aliphatic rings. The van der Waals surface area contributed by atoms with E-state index in [1.165, 1.54) is 4.90 Å². The van der Waals surface area contributed by atoms with Crippen molar-refractivity contribution in [2.24, 2.45) is 5.73 Å². The van der Waals surface area contributed by atoms with Gasteiger partial charge in [-0.2, -0.15) is 0 Å². The molecule has 0 heterocycles. The Morgan fingerprint density at radius 1 is 0.833 bits per heavy atom. The summed E-state index contributed by atoms with van der Waals surface area (Å²) in [7, 11) is 3.43. The van der Waals surface area contributed by atoms with Crippen LogP contribution in [0.2, 0.25) is 0 Å². The average molecular weight is 248 g/mol. The second kappa shape index (κ2) is 4.80. The molecule has 98 valence electrons. The first-order valence-corrected chi connectivity index (χ1v) is 5.81. The first-order chi connectivity index (χ1) is 8.20. The predicted molar refractivity (Wildman–Crippen MR) is 71.9 cm³/mol. The maximum Gasteiger partial charge on any atom is 0.253 e. The number of primary amides is 1. The average Bonchev–Trinajstić information content (AvgIpc) is 2.26. The minimum Gasteiger partial charge on any atom is -0.366 e. The van der Waals surface area contributed by atoms with Crippen LogP contribution in [0.25, 0.3) is 0 Å². The van der Waals surface area contributed by atoms with Gasteiger partial charge in [0.2, 0.25) is 5.91 Å². The van der Waals surface area contributed by atoms with Crippen LogP contribution in [0.3, 0.4) is 0 Å². The molecule has 0 bridgehead atoms. The van der Waals surface area contributed by atoms with Crippen molar-refractivity contribution in [1.82, 2.24) is 4.90 Å². The van der Waals surface area contributed by atoms with Crippen molar-refractivity contribution in [2.75, 3.05) is 14.1 Å². The number of carbonyl (C=O) groups excluding carboxylic acids is 2. The van der Waals surface area contributed by atoms with Crippen LogP contribution in [0.5, 0.6) is 0 Å². The number of carbonyl (C=O) groups is 2. The van der Waals surface area contributed by atoms with Gasteiger partial charge in [0.15, 0.2) is 0 Å². The van der Waals surface area contributed by atoms with E-state index in [0.29, 0.717) is 11.1 Å². The summed E-state index contributed by atoms with van der Waals surface area (Å²) in [5.74, 6) is -0.493. The van der Waals surface area contributed by atoms with E-state index in [9.17, 15) is 9.59 Å². The highest BCUT2D eigenvalue weighted by Gasteiger charge is 2.22. The molecule has 0 spiro atoms. The lowest BCUT2D eigenvalue weighted by Gasteiger charge is -2.20. The highest BCUT2D eigenvalue weighted by Crippen LogP contribution is 2.27. The van der Waals surface area contributed by atoms with E-state index in [1.807, 2.05) is 27.7 Å². The van der Waals surface area contributed by atoms with E-state index < -0.39 is 5.91 Å². The fourth-order valence-corrected chi connectivity index (χ4v) is 2.23. The topological polar surface area (TPSA) is 63.4 Å². The molecule has 18 heavy (non-hydrogen) atoms. The van der Waals surface area contributed by atoms with E-state index >= 15 is 0 Å². The number of amides is 2. The van der Waals surface area contributed by atoms with Crippen molar-refractivity contribution in [2.45, 2.75) is 27.7 Å². The number of hydrogen-bond acceptors (Lipinski definition) is 2. The zero-order valence-electron chi connectivity index (χ0n) is 11.8. The second-order valence-corrected chi connectivity index (χ2v) is 4.81. The van der Waals surface area contributed by atoms with Crippen molar-refractivity contribution >= 4 is 11.8 Å². The van der Waals surface area contributed by atoms with E-state index in [4.69, 9.17) is 5.73 Å². The predicted octanol–water partition coefficient (Wildman–Crippen LogP) is 1.72. The zero-order chi connectivity index (χ0) is 14.2. The molecule has 0 atom stereocenters. The van der Waals surface area contributed by atoms with E-state index in [2.05, 4.69) is 0 Å². The number of hydrogen-bond donors (Lipinski definition) is 1. The van der Waals surface area contributed by atoms with Gasteiger partial charge < -0.3 is 10.6 Å². The van der Waals surface area contributed by atoms with Crippen LogP contribution >= 0.6 is 0 Å². The van der Waals surface area contributed by atoms with Gasteiger partial charge in [0.1, 0.15) is 0 Å². The maximum absolute atomic E-state index is 12.2. The third kappa shape index (κ3) is 2.10. The standard InChI is InChI=1S/C14H20N2O2/c1-7-9(3)12(14(18)16(5)6)10(4)8(2)11(7)13(15)17/h1-6H3,(H2,15,17). The quantitative estimate of drug-likeness (QED) is 0.866. The molecule has 2 N–H and O–H groups in total. The molecule has 4 nitrogen and oxygen atoms in total. The van der Waals surface area contributed by atoms with Gasteiger partial charge in [-0.15, -0.1) is 0 Å². The van der Waals surface area contributed by atoms with Gasteiger partial charge in [-0.25, -0.2) is 0 Å². The molecule has 0 radical (unpaired) electrons. The second-order valence-electron chi connectivity index (χ2n) is 4.81. The number of rotatable bonds is 2. The molecule has 1 aromatic carbocycles. The Morgan fingerprint density at radius 3 is 1.44 bits per heavy atom. The Hall–Kier alpha value is -1.84. The van der Waals surface area contributed by atoms with Gasteiger partial charge in [0.05, 0.1) is 0 Å². The first-order valence-electron chi connectivity index (χ1n) is 5.81. The van der Waals surface area contributed by atoms with Gasteiger partial charge in [-0.1, -0.05) is 0 Å². The summed E-state index contributed by atoms with van der Waals surface area (Å²) in [6.45, 7) is 7.36. The summed E-state index contributed by atoms with van der Waals surface area (Å²) in [5.41, 5.74) is 9.82. The van der Waals surface area contributed by atoms with Crippen LogP contribution in [0.15, 0.2) is 0 Å². The van der Waals surface area contributed by atoms with Crippen LogP contribution in [-0.2, 0) is 0 Å². The molecule has 0 aromatic heterocycles. The van der Waals surface area contributed by atoms with Crippen molar-refractivity contribution in [3.63, 3.8) is 0 Å². The van der Waals surface area contributed by atoms with E-state index in [0.717, 1.165) is 22.3 Å². The third-order valence-corrected chi connectivity index (χ3v) is 3.49. The van der Waals surface area contributed by atoms with Gasteiger partial charge >= 0.3 is 0 Å². The normalized spacial score (nSPS) is 10.3. The largest absolute Gasteiger partial charge is 0.366 e. The Bertz CT molecular complexity index is 502. The lowest BCUT2D eigenvalue weighted by atomic mass is 9.88. The molecule has 4 heteroatoms. The highest BCUT2D eigenvalue weighted by atomic mass is 16.2. The van der Waals surface area contributed by atoms with Crippen molar-refractivity contribution in [3.05, 3.63) is 33.4 Å². The van der Waals surface area contributed by atoms with Crippen LogP contribution in [0, 0.1) is 27.7 Å². The molecule has 0 aliphatic heterocycles. The fourth-order valence-electron chi connectivity index (χ4n) is 2.23. The van der Waals surface area contributed by atoms with Crippen molar-refractivity contribution in [1.29, 1.82) is 0 Å². The molecule has 1 rings (SSSR count). The molecule has 0 unspecified atom stereocenters. The summed E-state index contributed by atoms with van der Waals surface area (Å²) < 4.78 is 0. The summed E-state index contributed by atoms with van der Waals surface area (Å²) in [4.78, 5) is 25.2. The molecule has 0 fully saturated rings. The minimum atomic E-state index is -0.444. The molecule has 0 saturated carbocycles. The van der Waals surface area contributed by atoms with Crippen LogP contribution in [-0.4, -0.2) is 30.8 Å². The lowest BCUT2D eigenvalue weighted by Crippen LogP contribution is -2.26. The summed E-state index contributed by atoms with van der Waals surface area (Å²) in [6.07, 6.45) is 0. The van der Waals surface area contributed by atoms with E-state index in [1.54, 1.807) is 14.1 Å². The molecular formula is C14H20N2O2. The molecule has 0 aliphatic carbocycles. The summed E-state index contributed by atoms with van der Waals surface area (Å²) in [6, 6.07) is 0. The SMILES string of the molecule is Cc1c(C)c(C(=O)N(C)C)c(C)c(C)c1C(N)=O. The Labute approximate surface area is 108 Å². The smallest absolute Gasteiger partial charge is 0.253 e. The number of benzene rings is 1. The Balaban J connectivity index is 3.69. The lowest BCUT2D eigenvalue weighted by molar-refractivity contribution is 0.0825. The molecule has 2 amide bonds. The number of nitrogens with zero attached hydrogens (tertiary/aromatic N) is 1. The Kier molecular flexibility index (Phi) is 3.79. The minimum absolute atomic E-state index is 0.0489. The highest BCUT2D eigenvalue weighted by molar-refractivity contribution is 6.02. The van der Waals surface area contributed by atoms with Crippen LogP contribution in [0.4, 0.5) is 0 Å². The zero-order valence-corrected chi connectivity index (χ0v) is 11.8. The van der Waals surface area contributed by atoms with Gasteiger partial charge in [0, 0.05) is 25.2 Å². The van der Waals surface area contributed by atoms with E-state index in [-0.39, 0.29) is 5.91 Å². The van der Waals surface area contributed by atoms with Crippen LogP contribution < -0.4 is 5.73 Å². The van der Waals surface area contributed by atoms with Crippen molar-refractivity contribution < 1.29 is 9.59 Å². The monoisotopic (exact) mass is 248 g/mol. The number of nitrogens with two attached hydrogens (primary N) is 1. The molecular weight excluding hydrogens is 228 g/mol. The van der Waals surface area contributed by atoms with Gasteiger partial charge in [-0.3, -0.25) is 9.59 Å². The van der Waals surface area contributed by atoms with Crippen LogP contribution in [0.1, 0.15) is 43.0 Å². The molecule has 1 aromatic rings. The van der Waals surface area contributed by atoms with Gasteiger partial charge in [0.25, 0.3) is 5.91 Å². The van der Waals surface area contributed by atoms with Crippen molar-refractivity contribution in [3.8, 4) is 0 Å². The fraction of sp³-hybridized carbons (Fsp3) is 0.429. The Morgan fingerprint density at radius 2 is 1.17 bits per heavy atom. The maximum atomic E-state index is 12.2.